The number of carbonyl (C=O) groups excluding carboxylic acids is 1. The number of rotatable bonds is 3. The summed E-state index contributed by atoms with van der Waals surface area (Å²) in [6, 6.07) is 15.0. The molecule has 0 fully saturated rings. The quantitative estimate of drug-likeness (QED) is 0.908. The summed E-state index contributed by atoms with van der Waals surface area (Å²) in [7, 11) is 0. The number of benzene rings is 1. The molecule has 2 aromatic rings. The molecule has 4 nitrogen and oxygen atoms in total. The van der Waals surface area contributed by atoms with Crippen molar-refractivity contribution in [3.8, 4) is 0 Å². The number of urea groups is 1. The van der Waals surface area contributed by atoms with E-state index in [-0.39, 0.29) is 17.6 Å². The molecule has 2 N–H and O–H groups in total. The highest BCUT2D eigenvalue weighted by Crippen LogP contribution is 2.19. The fraction of sp³-hybridized carbons (Fsp3) is 0.294. The molecule has 0 saturated carbocycles. The van der Waals surface area contributed by atoms with Crippen LogP contribution in [0.1, 0.15) is 38.1 Å². The Morgan fingerprint density at radius 3 is 2.29 bits per heavy atom. The van der Waals surface area contributed by atoms with E-state index in [1.165, 1.54) is 0 Å². The van der Waals surface area contributed by atoms with E-state index in [2.05, 4.69) is 15.6 Å². The van der Waals surface area contributed by atoms with Crippen LogP contribution in [-0.4, -0.2) is 16.6 Å². The zero-order valence-corrected chi connectivity index (χ0v) is 12.6. The van der Waals surface area contributed by atoms with Crippen LogP contribution >= 0.6 is 0 Å². The summed E-state index contributed by atoms with van der Waals surface area (Å²) in [6.45, 7) is 5.85. The van der Waals surface area contributed by atoms with Gasteiger partial charge in [0.25, 0.3) is 0 Å². The van der Waals surface area contributed by atoms with Gasteiger partial charge in [-0.2, -0.15) is 0 Å². The van der Waals surface area contributed by atoms with E-state index in [1.807, 2.05) is 69.3 Å². The van der Waals surface area contributed by atoms with E-state index in [1.54, 1.807) is 6.20 Å². The van der Waals surface area contributed by atoms with Crippen LogP contribution < -0.4 is 10.6 Å². The highest BCUT2D eigenvalue weighted by atomic mass is 16.2. The molecule has 0 aliphatic heterocycles. The summed E-state index contributed by atoms with van der Waals surface area (Å²) in [5.74, 6) is 0. The van der Waals surface area contributed by atoms with E-state index in [0.717, 1.165) is 11.3 Å². The lowest BCUT2D eigenvalue weighted by atomic mass is 10.0. The summed E-state index contributed by atoms with van der Waals surface area (Å²) in [6.07, 6.45) is 1.73. The third-order valence-corrected chi connectivity index (χ3v) is 2.88. The maximum absolute atomic E-state index is 12.2. The molecular formula is C17H21N3O. The average Bonchev–Trinajstić information content (AvgIpc) is 2.45. The molecule has 4 heteroatoms. The molecule has 1 heterocycles. The largest absolute Gasteiger partial charge is 0.334 e. The van der Waals surface area contributed by atoms with Gasteiger partial charge in [-0.05, 0) is 38.5 Å². The summed E-state index contributed by atoms with van der Waals surface area (Å²) in [5, 5.41) is 5.90. The molecule has 0 saturated heterocycles. The van der Waals surface area contributed by atoms with Gasteiger partial charge in [0, 0.05) is 11.7 Å². The molecule has 0 aliphatic carbocycles. The number of hydrogen-bond donors (Lipinski definition) is 2. The first kappa shape index (κ1) is 15.0. The molecule has 2 amide bonds. The van der Waals surface area contributed by atoms with Gasteiger partial charge in [-0.1, -0.05) is 36.4 Å². The van der Waals surface area contributed by atoms with Crippen molar-refractivity contribution in [1.82, 2.24) is 15.6 Å². The minimum atomic E-state index is -0.282. The molecule has 0 radical (unpaired) electrons. The maximum atomic E-state index is 12.2. The van der Waals surface area contributed by atoms with Crippen molar-refractivity contribution in [2.75, 3.05) is 0 Å². The SMILES string of the molecule is CC(C)(C)NC(=O)N[C@@H](c1ccccc1)c1ccccn1. The molecule has 1 aromatic heterocycles. The normalized spacial score (nSPS) is 12.5. The van der Waals surface area contributed by atoms with Crippen molar-refractivity contribution >= 4 is 6.03 Å². The minimum absolute atomic E-state index is 0.206. The fourth-order valence-electron chi connectivity index (χ4n) is 2.03. The number of nitrogens with zero attached hydrogens (tertiary/aromatic N) is 1. The van der Waals surface area contributed by atoms with E-state index in [0.29, 0.717) is 0 Å². The lowest BCUT2D eigenvalue weighted by Crippen LogP contribution is -2.47. The average molecular weight is 283 g/mol. The van der Waals surface area contributed by atoms with Crippen LogP contribution in [0.2, 0.25) is 0 Å². The van der Waals surface area contributed by atoms with Gasteiger partial charge in [0.05, 0.1) is 11.7 Å². The fourth-order valence-corrected chi connectivity index (χ4v) is 2.03. The number of nitrogens with one attached hydrogen (secondary N) is 2. The van der Waals surface area contributed by atoms with Crippen LogP contribution in [0, 0.1) is 0 Å². The topological polar surface area (TPSA) is 54.0 Å². The summed E-state index contributed by atoms with van der Waals surface area (Å²) in [5.41, 5.74) is 1.53. The van der Waals surface area contributed by atoms with Crippen LogP contribution in [0.15, 0.2) is 54.7 Å². The first-order valence-electron chi connectivity index (χ1n) is 7.00. The molecule has 0 bridgehead atoms. The predicted octanol–water partition coefficient (Wildman–Crippen LogP) is 3.27. The van der Waals surface area contributed by atoms with Crippen LogP contribution in [0.25, 0.3) is 0 Å². The van der Waals surface area contributed by atoms with Crippen molar-refractivity contribution in [1.29, 1.82) is 0 Å². The second kappa shape index (κ2) is 6.39. The Morgan fingerprint density at radius 1 is 1.05 bits per heavy atom. The van der Waals surface area contributed by atoms with Crippen molar-refractivity contribution in [2.45, 2.75) is 32.4 Å². The summed E-state index contributed by atoms with van der Waals surface area (Å²) >= 11 is 0. The van der Waals surface area contributed by atoms with Gasteiger partial charge in [0.15, 0.2) is 0 Å². The minimum Gasteiger partial charge on any atom is -0.334 e. The van der Waals surface area contributed by atoms with Gasteiger partial charge >= 0.3 is 6.03 Å². The van der Waals surface area contributed by atoms with Crippen LogP contribution in [0.5, 0.6) is 0 Å². The van der Waals surface area contributed by atoms with Crippen molar-refractivity contribution in [3.05, 3.63) is 66.0 Å². The molecular weight excluding hydrogens is 262 g/mol. The molecule has 0 unspecified atom stereocenters. The lowest BCUT2D eigenvalue weighted by Gasteiger charge is -2.24. The van der Waals surface area contributed by atoms with E-state index >= 15 is 0 Å². The van der Waals surface area contributed by atoms with E-state index in [9.17, 15) is 4.79 Å². The second-order valence-corrected chi connectivity index (χ2v) is 5.95. The van der Waals surface area contributed by atoms with Crippen LogP contribution in [0.3, 0.4) is 0 Å². The van der Waals surface area contributed by atoms with Gasteiger partial charge in [0.1, 0.15) is 0 Å². The molecule has 2 rings (SSSR count). The number of hydrogen-bond acceptors (Lipinski definition) is 2. The monoisotopic (exact) mass is 283 g/mol. The standard InChI is InChI=1S/C17H21N3O/c1-17(2,3)20-16(21)19-15(13-9-5-4-6-10-13)14-11-7-8-12-18-14/h4-12,15H,1-3H3,(H2,19,20,21)/t15-/m0/s1. The van der Waals surface area contributed by atoms with Gasteiger partial charge in [-0.3, -0.25) is 4.98 Å². The Kier molecular flexibility index (Phi) is 4.58. The summed E-state index contributed by atoms with van der Waals surface area (Å²) in [4.78, 5) is 16.5. The Hall–Kier alpha value is -2.36. The summed E-state index contributed by atoms with van der Waals surface area (Å²) < 4.78 is 0. The molecule has 110 valence electrons. The zero-order chi connectivity index (χ0) is 15.3. The third kappa shape index (κ3) is 4.60. The van der Waals surface area contributed by atoms with E-state index < -0.39 is 0 Å². The Balaban J connectivity index is 2.24. The highest BCUT2D eigenvalue weighted by molar-refractivity contribution is 5.75. The third-order valence-electron chi connectivity index (χ3n) is 2.88. The van der Waals surface area contributed by atoms with Crippen molar-refractivity contribution in [2.24, 2.45) is 0 Å². The first-order chi connectivity index (χ1) is 9.96. The first-order valence-corrected chi connectivity index (χ1v) is 7.00. The van der Waals surface area contributed by atoms with Crippen LogP contribution in [0.4, 0.5) is 4.79 Å². The molecule has 1 atom stereocenters. The van der Waals surface area contributed by atoms with Crippen molar-refractivity contribution in [3.63, 3.8) is 0 Å². The highest BCUT2D eigenvalue weighted by Gasteiger charge is 2.20. The maximum Gasteiger partial charge on any atom is 0.315 e. The van der Waals surface area contributed by atoms with E-state index in [4.69, 9.17) is 0 Å². The zero-order valence-electron chi connectivity index (χ0n) is 12.6. The van der Waals surface area contributed by atoms with Gasteiger partial charge in [-0.25, -0.2) is 4.79 Å². The number of aromatic nitrogens is 1. The van der Waals surface area contributed by atoms with Gasteiger partial charge < -0.3 is 10.6 Å². The number of pyridine rings is 1. The Morgan fingerprint density at radius 2 is 1.71 bits per heavy atom. The number of amides is 2. The molecule has 1 aromatic carbocycles. The van der Waals surface area contributed by atoms with Crippen LogP contribution in [-0.2, 0) is 0 Å². The van der Waals surface area contributed by atoms with Gasteiger partial charge in [0.2, 0.25) is 0 Å². The Bertz CT molecular complexity index is 536. The Labute approximate surface area is 125 Å². The predicted molar refractivity (Wildman–Crippen MR) is 83.9 cm³/mol. The smallest absolute Gasteiger partial charge is 0.315 e. The lowest BCUT2D eigenvalue weighted by molar-refractivity contribution is 0.229. The second-order valence-electron chi connectivity index (χ2n) is 5.95. The molecule has 21 heavy (non-hydrogen) atoms. The number of carbonyl (C=O) groups is 1. The molecule has 0 aliphatic rings. The van der Waals surface area contributed by atoms with Crippen molar-refractivity contribution < 1.29 is 4.79 Å². The molecule has 0 spiro atoms. The van der Waals surface area contributed by atoms with Gasteiger partial charge in [-0.15, -0.1) is 0 Å².